The molecule has 0 amide bonds. The van der Waals surface area contributed by atoms with E-state index in [0.717, 1.165) is 0 Å². The minimum absolute atomic E-state index is 0.191. The maximum absolute atomic E-state index is 5.60. The van der Waals surface area contributed by atoms with Crippen molar-refractivity contribution in [2.45, 2.75) is 26.3 Å². The van der Waals surface area contributed by atoms with Crippen molar-refractivity contribution < 1.29 is 13.7 Å². The molecule has 21 heavy (non-hydrogen) atoms. The first-order valence-electron chi connectivity index (χ1n) is 6.13. The zero-order valence-electron chi connectivity index (χ0n) is 12.2. The fourth-order valence-corrected chi connectivity index (χ4v) is 8.98. The summed E-state index contributed by atoms with van der Waals surface area (Å²) in [4.78, 5) is 7.57. The summed E-state index contributed by atoms with van der Waals surface area (Å²) in [5, 5.41) is 0. The third-order valence-corrected chi connectivity index (χ3v) is 6.37. The monoisotopic (exact) mass is 515 g/mol. The average Bonchev–Trinajstić information content (AvgIpc) is 2.40. The van der Waals surface area contributed by atoms with Crippen molar-refractivity contribution in [1.82, 2.24) is 9.97 Å². The Morgan fingerprint density at radius 1 is 0.714 bits per heavy atom. The summed E-state index contributed by atoms with van der Waals surface area (Å²) in [6.07, 6.45) is 7.00. The number of aromatic nitrogens is 2. The average molecular weight is 517 g/mol. The molecular weight excluding hydrogens is 497 g/mol. The van der Waals surface area contributed by atoms with E-state index < -0.39 is 13.7 Å². The van der Waals surface area contributed by atoms with Crippen LogP contribution in [0.5, 0.6) is 0 Å². The molecular formula is C14H19Cl3N3Ta. The molecule has 0 fully saturated rings. The van der Waals surface area contributed by atoms with Gasteiger partial charge in [0.1, 0.15) is 0 Å². The van der Waals surface area contributed by atoms with Crippen LogP contribution in [0.1, 0.15) is 20.8 Å². The van der Waals surface area contributed by atoms with Crippen molar-refractivity contribution in [2.75, 3.05) is 0 Å². The number of rotatable bonds is 0. The van der Waals surface area contributed by atoms with E-state index >= 15 is 0 Å². The molecule has 2 aromatic rings. The second-order valence-corrected chi connectivity index (χ2v) is 24.7. The smallest absolute Gasteiger partial charge is 0.0267 e. The van der Waals surface area contributed by atoms with Crippen LogP contribution in [0.3, 0.4) is 0 Å². The van der Waals surface area contributed by atoms with Crippen molar-refractivity contribution in [3.63, 3.8) is 0 Å². The number of hydrogen-bond donors (Lipinski definition) is 0. The molecule has 116 valence electrons. The fourth-order valence-electron chi connectivity index (χ4n) is 0.965. The molecule has 0 saturated heterocycles. The minimum atomic E-state index is -3.45. The molecule has 3 nitrogen and oxygen atoms in total. The van der Waals surface area contributed by atoms with Crippen molar-refractivity contribution >= 4 is 27.6 Å². The predicted molar refractivity (Wildman–Crippen MR) is 88.2 cm³/mol. The second kappa shape index (κ2) is 11.3. The van der Waals surface area contributed by atoms with Crippen LogP contribution in [-0.2, 0) is 13.7 Å². The van der Waals surface area contributed by atoms with E-state index in [1.807, 2.05) is 57.2 Å². The largest absolute Gasteiger partial charge is 0.265 e. The van der Waals surface area contributed by atoms with Gasteiger partial charge in [-0.25, -0.2) is 0 Å². The van der Waals surface area contributed by atoms with E-state index in [0.29, 0.717) is 0 Å². The van der Waals surface area contributed by atoms with E-state index in [1.54, 1.807) is 24.8 Å². The van der Waals surface area contributed by atoms with Crippen molar-refractivity contribution in [3.05, 3.63) is 61.2 Å². The molecule has 0 atom stereocenters. The van der Waals surface area contributed by atoms with E-state index in [1.165, 1.54) is 0 Å². The van der Waals surface area contributed by atoms with Gasteiger partial charge in [-0.2, -0.15) is 0 Å². The van der Waals surface area contributed by atoms with Gasteiger partial charge in [0, 0.05) is 24.8 Å². The molecule has 0 saturated carbocycles. The number of nitrogens with zero attached hydrogens (tertiary/aromatic N) is 3. The maximum atomic E-state index is 5.60. The van der Waals surface area contributed by atoms with E-state index in [4.69, 9.17) is 27.6 Å². The van der Waals surface area contributed by atoms with Gasteiger partial charge in [-0.15, -0.1) is 0 Å². The molecule has 7 heteroatoms. The molecule has 2 aromatic heterocycles. The van der Waals surface area contributed by atoms with Crippen molar-refractivity contribution in [3.8, 4) is 0 Å². The normalized spacial score (nSPS) is 10.4. The zero-order chi connectivity index (χ0) is 16.2. The van der Waals surface area contributed by atoms with Crippen LogP contribution < -0.4 is 0 Å². The predicted octanol–water partition coefficient (Wildman–Crippen LogP) is 5.75. The van der Waals surface area contributed by atoms with Gasteiger partial charge < -0.3 is 0 Å². The fraction of sp³-hybridized carbons (Fsp3) is 0.286. The quantitative estimate of drug-likeness (QED) is 0.448. The number of pyridine rings is 2. The van der Waals surface area contributed by atoms with E-state index in [2.05, 4.69) is 13.3 Å². The SMILES string of the molecule is CC(C)(C)[N]=[Ta]([Cl])([Cl])[Cl].c1ccncc1.c1ccncc1. The molecule has 0 aliphatic rings. The summed E-state index contributed by atoms with van der Waals surface area (Å²) in [7, 11) is 16.8. The van der Waals surface area contributed by atoms with Gasteiger partial charge >= 0.3 is 70.9 Å². The van der Waals surface area contributed by atoms with Crippen LogP contribution in [0, 0.1) is 0 Å². The van der Waals surface area contributed by atoms with Crippen LogP contribution in [0.15, 0.2) is 64.5 Å². The Morgan fingerprint density at radius 2 is 1.05 bits per heavy atom. The first kappa shape index (κ1) is 20.7. The Kier molecular flexibility index (Phi) is 11.1. The summed E-state index contributed by atoms with van der Waals surface area (Å²) in [6, 6.07) is 11.4. The van der Waals surface area contributed by atoms with Gasteiger partial charge in [-0.3, -0.25) is 9.97 Å². The molecule has 2 rings (SSSR count). The molecule has 2 heterocycles. The molecule has 0 aliphatic carbocycles. The number of hydrogen-bond acceptors (Lipinski definition) is 3. The summed E-state index contributed by atoms with van der Waals surface area (Å²) < 4.78 is 4.05. The first-order valence-corrected chi connectivity index (χ1v) is 19.5. The van der Waals surface area contributed by atoms with Crippen molar-refractivity contribution in [2.24, 2.45) is 3.34 Å². The molecule has 0 N–H and O–H groups in total. The molecule has 0 radical (unpaired) electrons. The standard InChI is InChI=1S/2C5H5N.C4H9N.3ClH.Ta/c2*1-2-4-6-5-3-1;1-4(2,3)5;;;;/h2*1-5H;1-3H3;3*1H;/q;;;;;;+3/p-3. The topological polar surface area (TPSA) is 38.1 Å². The zero-order valence-corrected chi connectivity index (χ0v) is 17.7. The molecule has 0 spiro atoms. The minimum Gasteiger partial charge on any atom is -0.265 e. The first-order chi connectivity index (χ1) is 9.71. The van der Waals surface area contributed by atoms with Crippen LogP contribution in [0.4, 0.5) is 0 Å². The molecule has 0 unspecified atom stereocenters. The summed E-state index contributed by atoms with van der Waals surface area (Å²) >= 11 is -3.45. The Balaban J connectivity index is 0.000000293. The molecule has 0 aliphatic heterocycles. The van der Waals surface area contributed by atoms with Gasteiger partial charge in [0.25, 0.3) is 0 Å². The van der Waals surface area contributed by atoms with Gasteiger partial charge in [-0.1, -0.05) is 12.1 Å². The van der Waals surface area contributed by atoms with E-state index in [9.17, 15) is 0 Å². The second-order valence-electron chi connectivity index (χ2n) is 4.74. The summed E-state index contributed by atoms with van der Waals surface area (Å²) in [5.74, 6) is 0. The van der Waals surface area contributed by atoms with Gasteiger partial charge in [0.2, 0.25) is 0 Å². The van der Waals surface area contributed by atoms with Crippen LogP contribution in [0.2, 0.25) is 0 Å². The Hall–Kier alpha value is -0.290. The third-order valence-electron chi connectivity index (χ3n) is 1.55. The van der Waals surface area contributed by atoms with Gasteiger partial charge in [0.15, 0.2) is 0 Å². The van der Waals surface area contributed by atoms with Crippen LogP contribution in [-0.4, -0.2) is 15.5 Å². The number of halogens is 3. The maximum Gasteiger partial charge on any atom is 0.0267 e. The third kappa shape index (κ3) is 19.7. The van der Waals surface area contributed by atoms with Crippen LogP contribution in [0.25, 0.3) is 0 Å². The van der Waals surface area contributed by atoms with E-state index in [-0.39, 0.29) is 5.54 Å². The van der Waals surface area contributed by atoms with Crippen molar-refractivity contribution in [1.29, 1.82) is 0 Å². The van der Waals surface area contributed by atoms with Gasteiger partial charge in [0.05, 0.1) is 0 Å². The summed E-state index contributed by atoms with van der Waals surface area (Å²) in [5.41, 5.74) is -0.191. The van der Waals surface area contributed by atoms with Crippen LogP contribution >= 0.6 is 27.6 Å². The molecule has 0 bridgehead atoms. The Morgan fingerprint density at radius 3 is 1.10 bits per heavy atom. The summed E-state index contributed by atoms with van der Waals surface area (Å²) in [6.45, 7) is 5.77. The Labute approximate surface area is 141 Å². The molecule has 0 aromatic carbocycles. The van der Waals surface area contributed by atoms with Gasteiger partial charge in [-0.05, 0) is 24.3 Å². The Bertz CT molecular complexity index is 417.